The number of carbonyl (C=O) groups is 1. The van der Waals surface area contributed by atoms with Gasteiger partial charge in [-0.3, -0.25) is 4.79 Å². The first-order valence-corrected chi connectivity index (χ1v) is 7.73. The maximum Gasteiger partial charge on any atom is 0.243 e. The molecule has 5 nitrogen and oxygen atoms in total. The summed E-state index contributed by atoms with van der Waals surface area (Å²) in [4.78, 5) is 16.6. The first kappa shape index (κ1) is 15.1. The van der Waals surface area contributed by atoms with Crippen LogP contribution in [-0.4, -0.2) is 26.6 Å². The van der Waals surface area contributed by atoms with Crippen molar-refractivity contribution in [2.75, 3.05) is 6.54 Å². The summed E-state index contributed by atoms with van der Waals surface area (Å²) in [5.74, 6) is 0.0326. The molecular formula is C18H20N4O. The van der Waals surface area contributed by atoms with E-state index in [4.69, 9.17) is 0 Å². The molecule has 0 spiro atoms. The Hall–Kier alpha value is -2.82. The van der Waals surface area contributed by atoms with E-state index in [9.17, 15) is 4.79 Å². The topological polar surface area (TPSA) is 51.9 Å². The molecule has 1 N–H and O–H groups in total. The number of benzene rings is 1. The van der Waals surface area contributed by atoms with Gasteiger partial charge < -0.3 is 14.5 Å². The van der Waals surface area contributed by atoms with Crippen LogP contribution in [0, 0.1) is 0 Å². The molecule has 0 aliphatic carbocycles. The van der Waals surface area contributed by atoms with Gasteiger partial charge in [-0.15, -0.1) is 0 Å². The van der Waals surface area contributed by atoms with Gasteiger partial charge in [-0.1, -0.05) is 30.3 Å². The van der Waals surface area contributed by atoms with Crippen LogP contribution in [0.15, 0.2) is 73.6 Å². The molecule has 2 aromatic heterocycles. The van der Waals surface area contributed by atoms with Gasteiger partial charge in [-0.05, 0) is 17.7 Å². The summed E-state index contributed by atoms with van der Waals surface area (Å²) in [6.07, 6.45) is 9.91. The van der Waals surface area contributed by atoms with Gasteiger partial charge in [0, 0.05) is 44.3 Å². The lowest BCUT2D eigenvalue weighted by molar-refractivity contribution is -0.124. The van der Waals surface area contributed by atoms with Crippen LogP contribution in [0.5, 0.6) is 0 Å². The standard InChI is InChI=1S/C18H20N4O/c23-18(20-9-13-21-12-8-19-15-21)17(22-10-4-5-11-22)14-16-6-2-1-3-7-16/h1-8,10-12,15,17H,9,13-14H2,(H,20,23)/t17-/m1/s1. The minimum absolute atomic E-state index is 0.0326. The summed E-state index contributed by atoms with van der Waals surface area (Å²) >= 11 is 0. The molecule has 0 saturated carbocycles. The second-order valence-corrected chi connectivity index (χ2v) is 5.43. The highest BCUT2D eigenvalue weighted by molar-refractivity contribution is 5.80. The number of aromatic nitrogens is 3. The Balaban J connectivity index is 1.64. The van der Waals surface area contributed by atoms with Crippen molar-refractivity contribution in [1.82, 2.24) is 19.4 Å². The Kier molecular flexibility index (Phi) is 4.88. The molecule has 0 aliphatic heterocycles. The van der Waals surface area contributed by atoms with Crippen LogP contribution in [0.3, 0.4) is 0 Å². The normalized spacial score (nSPS) is 12.0. The molecular weight excluding hydrogens is 288 g/mol. The van der Waals surface area contributed by atoms with Crippen LogP contribution in [0.2, 0.25) is 0 Å². The molecule has 0 aliphatic rings. The van der Waals surface area contributed by atoms with Crippen molar-refractivity contribution in [3.63, 3.8) is 0 Å². The van der Waals surface area contributed by atoms with Crippen LogP contribution >= 0.6 is 0 Å². The van der Waals surface area contributed by atoms with E-state index in [0.29, 0.717) is 13.0 Å². The van der Waals surface area contributed by atoms with E-state index in [-0.39, 0.29) is 11.9 Å². The number of nitrogens with zero attached hydrogens (tertiary/aromatic N) is 3. The molecule has 2 heterocycles. The quantitative estimate of drug-likeness (QED) is 0.728. The predicted molar refractivity (Wildman–Crippen MR) is 88.9 cm³/mol. The Morgan fingerprint density at radius 3 is 2.57 bits per heavy atom. The third-order valence-electron chi connectivity index (χ3n) is 3.79. The fourth-order valence-electron chi connectivity index (χ4n) is 2.57. The minimum atomic E-state index is -0.241. The van der Waals surface area contributed by atoms with E-state index in [1.165, 1.54) is 0 Å². The van der Waals surface area contributed by atoms with Crippen LogP contribution in [-0.2, 0) is 17.8 Å². The molecule has 3 rings (SSSR count). The maximum absolute atomic E-state index is 12.6. The number of carbonyl (C=O) groups excluding carboxylic acids is 1. The van der Waals surface area contributed by atoms with Crippen molar-refractivity contribution in [2.45, 2.75) is 19.0 Å². The molecule has 0 bridgehead atoms. The summed E-state index contributed by atoms with van der Waals surface area (Å²) < 4.78 is 3.90. The van der Waals surface area contributed by atoms with Crippen molar-refractivity contribution >= 4 is 5.91 Å². The van der Waals surface area contributed by atoms with Crippen LogP contribution in [0.1, 0.15) is 11.6 Å². The van der Waals surface area contributed by atoms with Gasteiger partial charge in [-0.25, -0.2) is 4.98 Å². The zero-order valence-electron chi connectivity index (χ0n) is 12.9. The smallest absolute Gasteiger partial charge is 0.243 e. The zero-order chi connectivity index (χ0) is 15.9. The lowest BCUT2D eigenvalue weighted by Crippen LogP contribution is -2.35. The highest BCUT2D eigenvalue weighted by atomic mass is 16.2. The largest absolute Gasteiger partial charge is 0.352 e. The second kappa shape index (κ2) is 7.45. The second-order valence-electron chi connectivity index (χ2n) is 5.43. The van der Waals surface area contributed by atoms with E-state index in [1.54, 1.807) is 12.5 Å². The van der Waals surface area contributed by atoms with Crippen LogP contribution in [0.4, 0.5) is 0 Å². The van der Waals surface area contributed by atoms with Crippen molar-refractivity contribution in [3.8, 4) is 0 Å². The summed E-state index contributed by atoms with van der Waals surface area (Å²) in [6.45, 7) is 1.30. The van der Waals surface area contributed by atoms with Crippen LogP contribution < -0.4 is 5.32 Å². The number of imidazole rings is 1. The number of hydrogen-bond acceptors (Lipinski definition) is 2. The summed E-state index contributed by atoms with van der Waals surface area (Å²) in [7, 11) is 0. The number of nitrogens with one attached hydrogen (secondary N) is 1. The highest BCUT2D eigenvalue weighted by Crippen LogP contribution is 2.15. The average Bonchev–Trinajstić information content (AvgIpc) is 3.27. The lowest BCUT2D eigenvalue weighted by atomic mass is 10.1. The summed E-state index contributed by atoms with van der Waals surface area (Å²) in [5.41, 5.74) is 1.15. The summed E-state index contributed by atoms with van der Waals surface area (Å²) in [6, 6.07) is 13.7. The van der Waals surface area contributed by atoms with E-state index in [0.717, 1.165) is 12.1 Å². The Morgan fingerprint density at radius 2 is 1.87 bits per heavy atom. The fourth-order valence-corrected chi connectivity index (χ4v) is 2.57. The fraction of sp³-hybridized carbons (Fsp3) is 0.222. The van der Waals surface area contributed by atoms with E-state index in [2.05, 4.69) is 22.4 Å². The van der Waals surface area contributed by atoms with Gasteiger partial charge >= 0.3 is 0 Å². The Labute approximate surface area is 135 Å². The Bertz CT molecular complexity index is 705. The van der Waals surface area contributed by atoms with Gasteiger partial charge in [0.1, 0.15) is 6.04 Å². The molecule has 0 unspecified atom stereocenters. The van der Waals surface area contributed by atoms with Gasteiger partial charge in [0.15, 0.2) is 0 Å². The highest BCUT2D eigenvalue weighted by Gasteiger charge is 2.19. The Morgan fingerprint density at radius 1 is 1.09 bits per heavy atom. The first-order valence-electron chi connectivity index (χ1n) is 7.73. The van der Waals surface area contributed by atoms with E-state index >= 15 is 0 Å². The molecule has 1 aromatic carbocycles. The lowest BCUT2D eigenvalue weighted by Gasteiger charge is -2.19. The van der Waals surface area contributed by atoms with Crippen molar-refractivity contribution in [3.05, 3.63) is 79.1 Å². The molecule has 5 heteroatoms. The molecule has 118 valence electrons. The average molecular weight is 308 g/mol. The van der Waals surface area contributed by atoms with Gasteiger partial charge in [0.05, 0.1) is 6.33 Å². The molecule has 1 atom stereocenters. The first-order chi connectivity index (χ1) is 11.3. The van der Waals surface area contributed by atoms with Crippen molar-refractivity contribution < 1.29 is 4.79 Å². The maximum atomic E-state index is 12.6. The van der Waals surface area contributed by atoms with Gasteiger partial charge in [-0.2, -0.15) is 0 Å². The number of hydrogen-bond donors (Lipinski definition) is 1. The van der Waals surface area contributed by atoms with Crippen molar-refractivity contribution in [1.29, 1.82) is 0 Å². The van der Waals surface area contributed by atoms with Crippen LogP contribution in [0.25, 0.3) is 0 Å². The van der Waals surface area contributed by atoms with E-state index in [1.807, 2.05) is 58.1 Å². The molecule has 1 amide bonds. The van der Waals surface area contributed by atoms with Crippen molar-refractivity contribution in [2.24, 2.45) is 0 Å². The third-order valence-corrected chi connectivity index (χ3v) is 3.79. The predicted octanol–water partition coefficient (Wildman–Crippen LogP) is 2.28. The number of amides is 1. The molecule has 0 radical (unpaired) electrons. The summed E-state index contributed by atoms with van der Waals surface area (Å²) in [5, 5.41) is 3.02. The minimum Gasteiger partial charge on any atom is -0.352 e. The molecule has 0 fully saturated rings. The third kappa shape index (κ3) is 4.10. The number of rotatable bonds is 7. The molecule has 3 aromatic rings. The SMILES string of the molecule is O=C(NCCn1ccnc1)[C@@H](Cc1ccccc1)n1cccc1. The van der Waals surface area contributed by atoms with Gasteiger partial charge in [0.25, 0.3) is 0 Å². The molecule has 23 heavy (non-hydrogen) atoms. The monoisotopic (exact) mass is 308 g/mol. The molecule has 0 saturated heterocycles. The van der Waals surface area contributed by atoms with E-state index < -0.39 is 0 Å². The zero-order valence-corrected chi connectivity index (χ0v) is 12.9. The van der Waals surface area contributed by atoms with Gasteiger partial charge in [0.2, 0.25) is 5.91 Å².